The van der Waals surface area contributed by atoms with Crippen molar-refractivity contribution in [3.8, 4) is 10.6 Å². The quantitative estimate of drug-likeness (QED) is 0.506. The number of oxazole rings is 1. The number of carbonyl (C=O) groups excluding carboxylic acids is 2. The van der Waals surface area contributed by atoms with E-state index in [1.807, 2.05) is 22.9 Å². The minimum Gasteiger partial charge on any atom is -0.449 e. The largest absolute Gasteiger partial charge is 0.449 e. The number of anilines is 1. The van der Waals surface area contributed by atoms with Crippen LogP contribution in [0.4, 0.5) is 5.13 Å². The van der Waals surface area contributed by atoms with Gasteiger partial charge in [0.15, 0.2) is 23.2 Å². The first kappa shape index (κ1) is 17.4. The van der Waals surface area contributed by atoms with E-state index in [4.69, 9.17) is 9.15 Å². The maximum absolute atomic E-state index is 12.3. The molecule has 0 fully saturated rings. The summed E-state index contributed by atoms with van der Waals surface area (Å²) in [6.45, 7) is 1.51. The maximum atomic E-state index is 12.3. The van der Waals surface area contributed by atoms with Crippen molar-refractivity contribution in [2.45, 2.75) is 13.0 Å². The maximum Gasteiger partial charge on any atom is 0.339 e. The van der Waals surface area contributed by atoms with Gasteiger partial charge < -0.3 is 9.15 Å². The fourth-order valence-corrected chi connectivity index (χ4v) is 3.81. The lowest BCUT2D eigenvalue weighted by Gasteiger charge is -2.12. The number of benzene rings is 1. The average molecular weight is 399 g/mol. The molecule has 0 aliphatic carbocycles. The van der Waals surface area contributed by atoms with Crippen LogP contribution < -0.4 is 5.32 Å². The molecular weight excluding hydrogens is 386 g/mol. The molecule has 0 spiro atoms. The van der Waals surface area contributed by atoms with Crippen LogP contribution in [-0.2, 0) is 9.53 Å². The van der Waals surface area contributed by atoms with Gasteiger partial charge in [-0.2, -0.15) is 0 Å². The molecule has 0 aliphatic heterocycles. The number of esters is 1. The lowest BCUT2D eigenvalue weighted by Crippen LogP contribution is -2.29. The summed E-state index contributed by atoms with van der Waals surface area (Å²) in [5.41, 5.74) is 2.21. The molecular formula is C18H13N3O4S2. The minimum absolute atomic E-state index is 0.285. The highest BCUT2D eigenvalue weighted by Crippen LogP contribution is 2.28. The van der Waals surface area contributed by atoms with Crippen molar-refractivity contribution in [1.29, 1.82) is 0 Å². The number of hydrogen-bond acceptors (Lipinski definition) is 8. The number of fused-ring (bicyclic) bond motifs is 1. The molecule has 0 radical (unpaired) electrons. The summed E-state index contributed by atoms with van der Waals surface area (Å²) in [7, 11) is 0. The number of thiophene rings is 1. The van der Waals surface area contributed by atoms with Gasteiger partial charge in [0.1, 0.15) is 5.52 Å². The lowest BCUT2D eigenvalue weighted by molar-refractivity contribution is -0.123. The Labute approximate surface area is 161 Å². The third kappa shape index (κ3) is 3.74. The van der Waals surface area contributed by atoms with Crippen molar-refractivity contribution in [3.63, 3.8) is 0 Å². The molecule has 0 saturated carbocycles. The van der Waals surface area contributed by atoms with Crippen LogP contribution in [0.3, 0.4) is 0 Å². The zero-order chi connectivity index (χ0) is 18.8. The minimum atomic E-state index is -0.975. The molecule has 1 atom stereocenters. The van der Waals surface area contributed by atoms with E-state index < -0.39 is 18.0 Å². The molecule has 1 amide bonds. The summed E-state index contributed by atoms with van der Waals surface area (Å²) in [6.07, 6.45) is 0.325. The topological polar surface area (TPSA) is 94.3 Å². The van der Waals surface area contributed by atoms with Gasteiger partial charge >= 0.3 is 5.97 Å². The first-order valence-corrected chi connectivity index (χ1v) is 9.70. The molecule has 1 unspecified atom stereocenters. The van der Waals surface area contributed by atoms with Gasteiger partial charge in [-0.1, -0.05) is 6.07 Å². The summed E-state index contributed by atoms with van der Waals surface area (Å²) in [6, 6.07) is 8.66. The van der Waals surface area contributed by atoms with Gasteiger partial charge in [0.25, 0.3) is 5.91 Å². The van der Waals surface area contributed by atoms with E-state index >= 15 is 0 Å². The van der Waals surface area contributed by atoms with E-state index in [9.17, 15) is 9.59 Å². The van der Waals surface area contributed by atoms with Crippen molar-refractivity contribution in [2.75, 3.05) is 5.32 Å². The van der Waals surface area contributed by atoms with E-state index in [0.717, 1.165) is 10.6 Å². The van der Waals surface area contributed by atoms with Crippen molar-refractivity contribution in [3.05, 3.63) is 53.0 Å². The second kappa shape index (κ2) is 7.29. The monoisotopic (exact) mass is 399 g/mol. The molecule has 0 saturated heterocycles. The van der Waals surface area contributed by atoms with Crippen molar-refractivity contribution in [1.82, 2.24) is 9.97 Å². The Morgan fingerprint density at radius 1 is 1.26 bits per heavy atom. The molecule has 4 rings (SSSR count). The third-order valence-corrected chi connectivity index (χ3v) is 5.38. The van der Waals surface area contributed by atoms with Crippen molar-refractivity contribution >= 4 is 50.8 Å². The molecule has 3 heterocycles. The molecule has 1 aromatic carbocycles. The van der Waals surface area contributed by atoms with Crippen LogP contribution in [0.25, 0.3) is 21.7 Å². The van der Waals surface area contributed by atoms with Crippen LogP contribution in [0.5, 0.6) is 0 Å². The van der Waals surface area contributed by atoms with Gasteiger partial charge in [-0.15, -0.1) is 22.7 Å². The van der Waals surface area contributed by atoms with Gasteiger partial charge in [-0.3, -0.25) is 10.1 Å². The standard InChI is InChI=1S/C18H13N3O4S2/c1-10(25-17(23)11-4-5-12-14(7-11)24-9-19-12)16(22)21-18-20-13(8-27-18)15-3-2-6-26-15/h2-10H,1H3,(H,20,21,22). The summed E-state index contributed by atoms with van der Waals surface area (Å²) < 4.78 is 10.4. The molecule has 4 aromatic rings. The molecule has 0 aliphatic rings. The lowest BCUT2D eigenvalue weighted by atomic mass is 10.2. The Hall–Kier alpha value is -3.04. The number of amides is 1. The van der Waals surface area contributed by atoms with Gasteiger partial charge in [0, 0.05) is 5.38 Å². The fourth-order valence-electron chi connectivity index (χ4n) is 2.34. The smallest absolute Gasteiger partial charge is 0.339 e. The normalized spacial score (nSPS) is 12.0. The Morgan fingerprint density at radius 2 is 2.15 bits per heavy atom. The molecule has 1 N–H and O–H groups in total. The number of thiazole rings is 1. The zero-order valence-corrected chi connectivity index (χ0v) is 15.7. The highest BCUT2D eigenvalue weighted by Gasteiger charge is 2.21. The molecule has 3 aromatic heterocycles. The first-order valence-electron chi connectivity index (χ1n) is 7.94. The predicted molar refractivity (Wildman–Crippen MR) is 103 cm³/mol. The van der Waals surface area contributed by atoms with Crippen LogP contribution in [0.15, 0.2) is 51.9 Å². The number of nitrogens with zero attached hydrogens (tertiary/aromatic N) is 2. The average Bonchev–Trinajstić information content (AvgIpc) is 3.41. The van der Waals surface area contributed by atoms with Crippen molar-refractivity contribution in [2.24, 2.45) is 0 Å². The van der Waals surface area contributed by atoms with Crippen LogP contribution in [0.1, 0.15) is 17.3 Å². The number of hydrogen-bond donors (Lipinski definition) is 1. The SMILES string of the molecule is CC(OC(=O)c1ccc2ncoc2c1)C(=O)Nc1nc(-c2cccs2)cs1. The van der Waals surface area contributed by atoms with Crippen LogP contribution in [0, 0.1) is 0 Å². The van der Waals surface area contributed by atoms with Crippen LogP contribution >= 0.6 is 22.7 Å². The summed E-state index contributed by atoms with van der Waals surface area (Å²) in [4.78, 5) is 33.9. The van der Waals surface area contributed by atoms with Crippen LogP contribution in [-0.4, -0.2) is 27.9 Å². The Morgan fingerprint density at radius 3 is 2.96 bits per heavy atom. The molecule has 7 nitrogen and oxygen atoms in total. The van der Waals surface area contributed by atoms with E-state index in [1.54, 1.807) is 23.5 Å². The molecule has 27 heavy (non-hydrogen) atoms. The summed E-state index contributed by atoms with van der Waals surface area (Å²) in [5, 5.41) is 6.96. The molecule has 9 heteroatoms. The van der Waals surface area contributed by atoms with E-state index in [1.165, 1.54) is 30.7 Å². The second-order valence-electron chi connectivity index (χ2n) is 5.59. The number of carbonyl (C=O) groups is 2. The Bertz CT molecular complexity index is 1100. The Kier molecular flexibility index (Phi) is 4.69. The number of nitrogens with one attached hydrogen (secondary N) is 1. The van der Waals surface area contributed by atoms with Gasteiger partial charge in [-0.25, -0.2) is 14.8 Å². The third-order valence-electron chi connectivity index (χ3n) is 3.73. The second-order valence-corrected chi connectivity index (χ2v) is 7.39. The summed E-state index contributed by atoms with van der Waals surface area (Å²) in [5.74, 6) is -1.06. The Balaban J connectivity index is 1.39. The zero-order valence-electron chi connectivity index (χ0n) is 14.0. The number of rotatable bonds is 5. The van der Waals surface area contributed by atoms with E-state index in [0.29, 0.717) is 16.2 Å². The molecule has 136 valence electrons. The highest BCUT2D eigenvalue weighted by molar-refractivity contribution is 7.16. The highest BCUT2D eigenvalue weighted by atomic mass is 32.1. The predicted octanol–water partition coefficient (Wildman–Crippen LogP) is 4.20. The number of aromatic nitrogens is 2. The van der Waals surface area contributed by atoms with Crippen LogP contribution in [0.2, 0.25) is 0 Å². The number of ether oxygens (including phenoxy) is 1. The molecule has 0 bridgehead atoms. The fraction of sp³-hybridized carbons (Fsp3) is 0.111. The van der Waals surface area contributed by atoms with Gasteiger partial charge in [0.05, 0.1) is 16.1 Å². The van der Waals surface area contributed by atoms with Gasteiger partial charge in [0.2, 0.25) is 0 Å². The van der Waals surface area contributed by atoms with E-state index in [-0.39, 0.29) is 5.56 Å². The van der Waals surface area contributed by atoms with Crippen molar-refractivity contribution < 1.29 is 18.7 Å². The summed E-state index contributed by atoms with van der Waals surface area (Å²) >= 11 is 2.89. The first-order chi connectivity index (χ1) is 13.1. The van der Waals surface area contributed by atoms with E-state index in [2.05, 4.69) is 15.3 Å². The van der Waals surface area contributed by atoms with Gasteiger partial charge in [-0.05, 0) is 36.6 Å².